The standard InChI is InChI=1S/C19H17ClN4O4S/c1-11(18(25)21-13-4-7-15-16(8-13)28-10-27-15)29-19-22-17(23-24-19)9-26-14-5-2-12(20)3-6-14/h2-8,11H,9-10H2,1H3,(H,21,25)(H,22,23,24)/t11-/m1/s1. The Morgan fingerprint density at radius 2 is 2.07 bits per heavy atom. The Morgan fingerprint density at radius 1 is 1.28 bits per heavy atom. The first-order valence-electron chi connectivity index (χ1n) is 8.73. The Balaban J connectivity index is 1.29. The number of hydrogen-bond donors (Lipinski definition) is 2. The molecule has 1 aliphatic rings. The minimum Gasteiger partial charge on any atom is -0.486 e. The van der Waals surface area contributed by atoms with Crippen molar-refractivity contribution in [2.75, 3.05) is 12.1 Å². The molecule has 1 aromatic heterocycles. The third kappa shape index (κ3) is 4.93. The predicted octanol–water partition coefficient (Wildman–Crippen LogP) is 3.89. The minimum atomic E-state index is -0.402. The molecule has 0 radical (unpaired) electrons. The number of H-pyrrole nitrogens is 1. The van der Waals surface area contributed by atoms with E-state index in [9.17, 15) is 4.79 Å². The highest BCUT2D eigenvalue weighted by Crippen LogP contribution is 2.34. The molecule has 2 N–H and O–H groups in total. The van der Waals surface area contributed by atoms with Crippen LogP contribution in [0.15, 0.2) is 47.6 Å². The minimum absolute atomic E-state index is 0.169. The lowest BCUT2D eigenvalue weighted by molar-refractivity contribution is -0.115. The molecule has 3 aromatic rings. The molecule has 0 saturated carbocycles. The van der Waals surface area contributed by atoms with Gasteiger partial charge in [-0.3, -0.25) is 9.89 Å². The van der Waals surface area contributed by atoms with Crippen molar-refractivity contribution in [1.29, 1.82) is 0 Å². The Kier molecular flexibility index (Phi) is 5.77. The van der Waals surface area contributed by atoms with Crippen LogP contribution in [0.4, 0.5) is 5.69 Å². The first-order chi connectivity index (χ1) is 14.1. The van der Waals surface area contributed by atoms with E-state index in [-0.39, 0.29) is 19.3 Å². The lowest BCUT2D eigenvalue weighted by Crippen LogP contribution is -2.22. The van der Waals surface area contributed by atoms with Crippen molar-refractivity contribution in [3.63, 3.8) is 0 Å². The maximum absolute atomic E-state index is 12.5. The number of halogens is 1. The number of rotatable bonds is 7. The molecule has 150 valence electrons. The summed E-state index contributed by atoms with van der Waals surface area (Å²) < 4.78 is 16.2. The van der Waals surface area contributed by atoms with Crippen molar-refractivity contribution in [2.24, 2.45) is 0 Å². The molecule has 0 spiro atoms. The van der Waals surface area contributed by atoms with Gasteiger partial charge in [0.05, 0.1) is 5.25 Å². The molecule has 0 aliphatic carbocycles. The van der Waals surface area contributed by atoms with Crippen LogP contribution in [-0.4, -0.2) is 33.1 Å². The average Bonchev–Trinajstić information content (AvgIpc) is 3.36. The highest BCUT2D eigenvalue weighted by Gasteiger charge is 2.19. The largest absolute Gasteiger partial charge is 0.486 e. The predicted molar refractivity (Wildman–Crippen MR) is 109 cm³/mol. The number of aromatic amines is 1. The van der Waals surface area contributed by atoms with Crippen LogP contribution in [0.25, 0.3) is 0 Å². The van der Waals surface area contributed by atoms with Gasteiger partial charge in [0.25, 0.3) is 0 Å². The van der Waals surface area contributed by atoms with Crippen LogP contribution in [0.3, 0.4) is 0 Å². The van der Waals surface area contributed by atoms with Crippen LogP contribution < -0.4 is 19.5 Å². The van der Waals surface area contributed by atoms with Crippen LogP contribution >= 0.6 is 23.4 Å². The van der Waals surface area contributed by atoms with Gasteiger partial charge in [0.2, 0.25) is 17.9 Å². The molecule has 4 rings (SSSR count). The SMILES string of the molecule is C[C@@H](Sc1n[nH]c(COc2ccc(Cl)cc2)n1)C(=O)Nc1ccc2c(c1)OCO2. The summed E-state index contributed by atoms with van der Waals surface area (Å²) in [6.07, 6.45) is 0. The second-order valence-corrected chi connectivity index (χ2v) is 7.87. The third-order valence-electron chi connectivity index (χ3n) is 3.99. The molecule has 1 amide bonds. The molecule has 0 unspecified atom stereocenters. The molecule has 29 heavy (non-hydrogen) atoms. The normalized spacial score (nSPS) is 13.2. The van der Waals surface area contributed by atoms with Gasteiger partial charge >= 0.3 is 0 Å². The topological polar surface area (TPSA) is 98.4 Å². The van der Waals surface area contributed by atoms with E-state index in [0.29, 0.717) is 38.9 Å². The zero-order valence-electron chi connectivity index (χ0n) is 15.3. The zero-order valence-corrected chi connectivity index (χ0v) is 16.9. The molecule has 10 heteroatoms. The van der Waals surface area contributed by atoms with Crippen LogP contribution in [-0.2, 0) is 11.4 Å². The molecule has 1 atom stereocenters. The van der Waals surface area contributed by atoms with Gasteiger partial charge in [0.1, 0.15) is 12.4 Å². The number of ether oxygens (including phenoxy) is 3. The van der Waals surface area contributed by atoms with E-state index in [0.717, 1.165) is 0 Å². The number of carbonyl (C=O) groups excluding carboxylic acids is 1. The molecular weight excluding hydrogens is 416 g/mol. The lowest BCUT2D eigenvalue weighted by Gasteiger charge is -2.10. The van der Waals surface area contributed by atoms with Crippen molar-refractivity contribution < 1.29 is 19.0 Å². The number of nitrogens with one attached hydrogen (secondary N) is 2. The number of anilines is 1. The first kappa shape index (κ1) is 19.4. The summed E-state index contributed by atoms with van der Waals surface area (Å²) in [7, 11) is 0. The zero-order chi connectivity index (χ0) is 20.2. The maximum Gasteiger partial charge on any atom is 0.237 e. The highest BCUT2D eigenvalue weighted by molar-refractivity contribution is 8.00. The van der Waals surface area contributed by atoms with Crippen molar-refractivity contribution in [3.8, 4) is 17.2 Å². The highest BCUT2D eigenvalue weighted by atomic mass is 35.5. The quantitative estimate of drug-likeness (QED) is 0.546. The van der Waals surface area contributed by atoms with Crippen molar-refractivity contribution >= 4 is 35.0 Å². The van der Waals surface area contributed by atoms with E-state index in [1.165, 1.54) is 11.8 Å². The summed E-state index contributed by atoms with van der Waals surface area (Å²) in [6.45, 7) is 2.20. The van der Waals surface area contributed by atoms with Gasteiger partial charge in [0.15, 0.2) is 17.3 Å². The van der Waals surface area contributed by atoms with E-state index in [1.54, 1.807) is 49.4 Å². The number of carbonyl (C=O) groups is 1. The van der Waals surface area contributed by atoms with Gasteiger partial charge in [-0.05, 0) is 43.3 Å². The van der Waals surface area contributed by atoms with E-state index < -0.39 is 5.25 Å². The Labute approximate surface area is 175 Å². The van der Waals surface area contributed by atoms with Gasteiger partial charge in [-0.1, -0.05) is 23.4 Å². The van der Waals surface area contributed by atoms with Crippen LogP contribution in [0.5, 0.6) is 17.2 Å². The monoisotopic (exact) mass is 432 g/mol. The third-order valence-corrected chi connectivity index (χ3v) is 5.20. The van der Waals surface area contributed by atoms with Crippen LogP contribution in [0.1, 0.15) is 12.7 Å². The number of benzene rings is 2. The number of hydrogen-bond acceptors (Lipinski definition) is 7. The molecular formula is C19H17ClN4O4S. The van der Waals surface area contributed by atoms with Gasteiger partial charge in [0, 0.05) is 16.8 Å². The van der Waals surface area contributed by atoms with Crippen molar-refractivity contribution in [1.82, 2.24) is 15.2 Å². The van der Waals surface area contributed by atoms with Gasteiger partial charge in [-0.15, -0.1) is 5.10 Å². The molecule has 0 fully saturated rings. The average molecular weight is 433 g/mol. The van der Waals surface area contributed by atoms with E-state index >= 15 is 0 Å². The smallest absolute Gasteiger partial charge is 0.237 e. The number of nitrogens with zero attached hydrogens (tertiary/aromatic N) is 2. The van der Waals surface area contributed by atoms with E-state index in [4.69, 9.17) is 25.8 Å². The Bertz CT molecular complexity index is 1010. The molecule has 0 bridgehead atoms. The summed E-state index contributed by atoms with van der Waals surface area (Å²) in [4.78, 5) is 16.8. The molecule has 2 heterocycles. The molecule has 2 aromatic carbocycles. The number of amides is 1. The van der Waals surface area contributed by atoms with Gasteiger partial charge in [-0.25, -0.2) is 4.98 Å². The van der Waals surface area contributed by atoms with Crippen LogP contribution in [0, 0.1) is 0 Å². The second kappa shape index (κ2) is 8.62. The Hall–Kier alpha value is -2.91. The summed E-state index contributed by atoms with van der Waals surface area (Å²) in [5.74, 6) is 2.35. The molecule has 1 aliphatic heterocycles. The summed E-state index contributed by atoms with van der Waals surface area (Å²) in [5.41, 5.74) is 0.638. The first-order valence-corrected chi connectivity index (χ1v) is 9.99. The van der Waals surface area contributed by atoms with Gasteiger partial charge < -0.3 is 19.5 Å². The van der Waals surface area contributed by atoms with Gasteiger partial charge in [-0.2, -0.15) is 0 Å². The fourth-order valence-corrected chi connectivity index (χ4v) is 3.38. The number of aromatic nitrogens is 3. The van der Waals surface area contributed by atoms with Crippen molar-refractivity contribution in [2.45, 2.75) is 23.9 Å². The summed E-state index contributed by atoms with van der Waals surface area (Å²) >= 11 is 7.10. The lowest BCUT2D eigenvalue weighted by atomic mass is 10.2. The van der Waals surface area contributed by atoms with E-state index in [2.05, 4.69) is 20.5 Å². The molecule has 0 saturated heterocycles. The summed E-state index contributed by atoms with van der Waals surface area (Å²) in [5, 5.41) is 10.5. The van der Waals surface area contributed by atoms with Crippen LogP contribution in [0.2, 0.25) is 5.02 Å². The summed E-state index contributed by atoms with van der Waals surface area (Å²) in [6, 6.07) is 12.3. The Morgan fingerprint density at radius 3 is 2.90 bits per heavy atom. The maximum atomic E-state index is 12.5. The number of thioether (sulfide) groups is 1. The fourth-order valence-electron chi connectivity index (χ4n) is 2.51. The second-order valence-electron chi connectivity index (χ2n) is 6.12. The fraction of sp³-hybridized carbons (Fsp3) is 0.211. The van der Waals surface area contributed by atoms with Crippen molar-refractivity contribution in [3.05, 3.63) is 53.3 Å². The number of fused-ring (bicyclic) bond motifs is 1. The van der Waals surface area contributed by atoms with E-state index in [1.807, 2.05) is 0 Å². The molecule has 8 nitrogen and oxygen atoms in total.